The van der Waals surface area contributed by atoms with E-state index in [9.17, 15) is 14.9 Å². The van der Waals surface area contributed by atoms with E-state index >= 15 is 0 Å². The van der Waals surface area contributed by atoms with Crippen LogP contribution in [0.4, 0.5) is 11.5 Å². The first-order valence-corrected chi connectivity index (χ1v) is 4.91. The SMILES string of the molecule is COC(=O)C(C)Nc1cc(C)c([N+](=O)[O-])cn1. The molecule has 0 radical (unpaired) electrons. The zero-order valence-electron chi connectivity index (χ0n) is 9.76. The molecule has 0 saturated carbocycles. The third-order valence-electron chi connectivity index (χ3n) is 2.20. The highest BCUT2D eigenvalue weighted by atomic mass is 16.6. The molecule has 0 aliphatic carbocycles. The minimum atomic E-state index is -0.562. The molecule has 7 heteroatoms. The number of pyridine rings is 1. The van der Waals surface area contributed by atoms with Crippen molar-refractivity contribution in [2.24, 2.45) is 0 Å². The van der Waals surface area contributed by atoms with Crippen LogP contribution < -0.4 is 5.32 Å². The van der Waals surface area contributed by atoms with Crippen LogP contribution in [0, 0.1) is 17.0 Å². The standard InChI is InChI=1S/C10H13N3O4/c1-6-4-9(11-5-8(6)13(15)16)12-7(2)10(14)17-3/h4-5,7H,1-3H3,(H,11,12). The normalized spacial score (nSPS) is 11.7. The Morgan fingerprint density at radius 2 is 2.29 bits per heavy atom. The Morgan fingerprint density at radius 1 is 1.65 bits per heavy atom. The summed E-state index contributed by atoms with van der Waals surface area (Å²) >= 11 is 0. The van der Waals surface area contributed by atoms with E-state index in [-0.39, 0.29) is 5.69 Å². The zero-order valence-corrected chi connectivity index (χ0v) is 9.76. The van der Waals surface area contributed by atoms with Crippen LogP contribution in [-0.2, 0) is 9.53 Å². The fraction of sp³-hybridized carbons (Fsp3) is 0.400. The quantitative estimate of drug-likeness (QED) is 0.483. The van der Waals surface area contributed by atoms with Gasteiger partial charge in [-0.3, -0.25) is 10.1 Å². The maximum Gasteiger partial charge on any atom is 0.328 e. The number of carbonyl (C=O) groups excluding carboxylic acids is 1. The van der Waals surface area contributed by atoms with Crippen LogP contribution >= 0.6 is 0 Å². The van der Waals surface area contributed by atoms with E-state index in [2.05, 4.69) is 15.0 Å². The maximum absolute atomic E-state index is 11.2. The summed E-state index contributed by atoms with van der Waals surface area (Å²) in [5.74, 6) is -0.0335. The molecule has 0 aliphatic rings. The lowest BCUT2D eigenvalue weighted by Gasteiger charge is -2.12. The van der Waals surface area contributed by atoms with Crippen molar-refractivity contribution in [3.8, 4) is 0 Å². The molecule has 1 heterocycles. The van der Waals surface area contributed by atoms with Gasteiger partial charge in [0.2, 0.25) is 0 Å². The smallest absolute Gasteiger partial charge is 0.328 e. The van der Waals surface area contributed by atoms with Gasteiger partial charge in [0.1, 0.15) is 18.1 Å². The van der Waals surface area contributed by atoms with Crippen molar-refractivity contribution in [2.45, 2.75) is 19.9 Å². The number of nitrogens with one attached hydrogen (secondary N) is 1. The van der Waals surface area contributed by atoms with Crippen molar-refractivity contribution in [2.75, 3.05) is 12.4 Å². The average Bonchev–Trinajstić information content (AvgIpc) is 2.27. The second kappa shape index (κ2) is 5.24. The molecule has 0 fully saturated rings. The molecule has 1 aromatic heterocycles. The highest BCUT2D eigenvalue weighted by Gasteiger charge is 2.15. The molecular weight excluding hydrogens is 226 g/mol. The molecule has 0 spiro atoms. The molecule has 0 aromatic carbocycles. The molecule has 7 nitrogen and oxygen atoms in total. The Morgan fingerprint density at radius 3 is 2.76 bits per heavy atom. The number of hydrogen-bond donors (Lipinski definition) is 1. The van der Waals surface area contributed by atoms with Crippen LogP contribution in [0.3, 0.4) is 0 Å². The van der Waals surface area contributed by atoms with Crippen molar-refractivity contribution in [3.63, 3.8) is 0 Å². The third kappa shape index (κ3) is 3.13. The Labute approximate surface area is 98.0 Å². The first-order valence-electron chi connectivity index (χ1n) is 4.91. The Balaban J connectivity index is 2.84. The van der Waals surface area contributed by atoms with Crippen LogP contribution in [0.1, 0.15) is 12.5 Å². The first-order chi connectivity index (χ1) is 7.95. The van der Waals surface area contributed by atoms with Gasteiger partial charge in [-0.15, -0.1) is 0 Å². The van der Waals surface area contributed by atoms with Gasteiger partial charge in [0.05, 0.1) is 12.0 Å². The summed E-state index contributed by atoms with van der Waals surface area (Å²) in [5.41, 5.74) is 0.422. The van der Waals surface area contributed by atoms with Gasteiger partial charge >= 0.3 is 5.97 Å². The van der Waals surface area contributed by atoms with Gasteiger partial charge in [-0.05, 0) is 19.9 Å². The molecule has 1 N–H and O–H groups in total. The van der Waals surface area contributed by atoms with Gasteiger partial charge in [-0.25, -0.2) is 9.78 Å². The van der Waals surface area contributed by atoms with E-state index in [0.29, 0.717) is 11.4 Å². The molecule has 1 rings (SSSR count). The van der Waals surface area contributed by atoms with Crippen LogP contribution in [0.5, 0.6) is 0 Å². The Kier molecular flexibility index (Phi) is 3.97. The second-order valence-corrected chi connectivity index (χ2v) is 3.50. The van der Waals surface area contributed by atoms with E-state index in [0.717, 1.165) is 6.20 Å². The number of hydrogen-bond acceptors (Lipinski definition) is 6. The van der Waals surface area contributed by atoms with Crippen molar-refractivity contribution < 1.29 is 14.5 Å². The van der Waals surface area contributed by atoms with E-state index in [1.165, 1.54) is 13.2 Å². The minimum absolute atomic E-state index is 0.0544. The monoisotopic (exact) mass is 239 g/mol. The van der Waals surface area contributed by atoms with Crippen molar-refractivity contribution >= 4 is 17.5 Å². The van der Waals surface area contributed by atoms with Crippen LogP contribution in [0.2, 0.25) is 0 Å². The topological polar surface area (TPSA) is 94.4 Å². The number of methoxy groups -OCH3 is 1. The highest BCUT2D eigenvalue weighted by Crippen LogP contribution is 2.19. The summed E-state index contributed by atoms with van der Waals surface area (Å²) < 4.78 is 4.54. The number of anilines is 1. The van der Waals surface area contributed by atoms with Crippen molar-refractivity contribution in [1.29, 1.82) is 0 Å². The first kappa shape index (κ1) is 12.9. The maximum atomic E-state index is 11.2. The predicted octanol–water partition coefficient (Wildman–Crippen LogP) is 1.27. The number of rotatable bonds is 4. The summed E-state index contributed by atoms with van der Waals surface area (Å²) in [6.07, 6.45) is 1.15. The summed E-state index contributed by atoms with van der Waals surface area (Å²) in [6.45, 7) is 3.22. The number of nitrogens with zero attached hydrogens (tertiary/aromatic N) is 2. The minimum Gasteiger partial charge on any atom is -0.467 e. The van der Waals surface area contributed by atoms with Gasteiger partial charge in [0.25, 0.3) is 5.69 Å². The Bertz CT molecular complexity index is 447. The lowest BCUT2D eigenvalue weighted by atomic mass is 10.2. The average molecular weight is 239 g/mol. The molecular formula is C10H13N3O4. The van der Waals surface area contributed by atoms with Crippen LogP contribution in [0.15, 0.2) is 12.3 Å². The highest BCUT2D eigenvalue weighted by molar-refractivity contribution is 5.78. The number of aryl methyl sites for hydroxylation is 1. The van der Waals surface area contributed by atoms with Crippen molar-refractivity contribution in [3.05, 3.63) is 27.9 Å². The van der Waals surface area contributed by atoms with E-state index < -0.39 is 16.9 Å². The number of esters is 1. The number of aromatic nitrogens is 1. The molecule has 17 heavy (non-hydrogen) atoms. The van der Waals surface area contributed by atoms with E-state index in [1.54, 1.807) is 13.8 Å². The lowest BCUT2D eigenvalue weighted by molar-refractivity contribution is -0.385. The molecule has 0 aliphatic heterocycles. The molecule has 1 unspecified atom stereocenters. The number of ether oxygens (including phenoxy) is 1. The molecule has 92 valence electrons. The number of carbonyl (C=O) groups is 1. The van der Waals surface area contributed by atoms with Gasteiger partial charge in [-0.1, -0.05) is 0 Å². The van der Waals surface area contributed by atoms with E-state index in [1.807, 2.05) is 0 Å². The molecule has 1 atom stereocenters. The van der Waals surface area contributed by atoms with Gasteiger partial charge < -0.3 is 10.1 Å². The fourth-order valence-electron chi connectivity index (χ4n) is 1.28. The third-order valence-corrected chi connectivity index (χ3v) is 2.20. The largest absolute Gasteiger partial charge is 0.467 e. The molecule has 0 bridgehead atoms. The van der Waals surface area contributed by atoms with Crippen LogP contribution in [-0.4, -0.2) is 29.0 Å². The predicted molar refractivity (Wildman–Crippen MR) is 60.7 cm³/mol. The molecule has 0 amide bonds. The van der Waals surface area contributed by atoms with Crippen LogP contribution in [0.25, 0.3) is 0 Å². The lowest BCUT2D eigenvalue weighted by Crippen LogP contribution is -2.27. The van der Waals surface area contributed by atoms with Crippen molar-refractivity contribution in [1.82, 2.24) is 4.98 Å². The second-order valence-electron chi connectivity index (χ2n) is 3.50. The zero-order chi connectivity index (χ0) is 13.0. The van der Waals surface area contributed by atoms with Gasteiger partial charge in [0, 0.05) is 5.56 Å². The summed E-state index contributed by atoms with van der Waals surface area (Å²) in [6, 6.07) is 0.950. The van der Waals surface area contributed by atoms with Gasteiger partial charge in [-0.2, -0.15) is 0 Å². The van der Waals surface area contributed by atoms with E-state index in [4.69, 9.17) is 0 Å². The fourth-order valence-corrected chi connectivity index (χ4v) is 1.28. The molecule has 0 saturated heterocycles. The summed E-state index contributed by atoms with van der Waals surface area (Å²) in [5, 5.41) is 13.4. The number of nitro groups is 1. The Hall–Kier alpha value is -2.18. The summed E-state index contributed by atoms with van der Waals surface area (Å²) in [7, 11) is 1.29. The molecule has 1 aromatic rings. The van der Waals surface area contributed by atoms with Gasteiger partial charge in [0.15, 0.2) is 0 Å². The summed E-state index contributed by atoms with van der Waals surface area (Å²) in [4.78, 5) is 25.1.